The molecule has 0 saturated heterocycles. The molecule has 2 atom stereocenters. The number of carbonyl (C=O) groups excluding carboxylic acids is 1. The molecule has 1 aliphatic rings. The lowest BCUT2D eigenvalue weighted by Gasteiger charge is -2.31. The molecule has 1 aromatic heterocycles. The van der Waals surface area contributed by atoms with E-state index in [1.165, 1.54) is 0 Å². The maximum Gasteiger partial charge on any atom is 0.307 e. The molecule has 1 heterocycles. The number of carbonyl (C=O) groups is 2. The summed E-state index contributed by atoms with van der Waals surface area (Å²) in [5, 5.41) is 13.7. The Kier molecular flexibility index (Phi) is 4.88. The number of aliphatic carboxylic acids is 1. The number of carboxylic acids is 1. The van der Waals surface area contributed by atoms with Gasteiger partial charge in [-0.2, -0.15) is 5.10 Å². The van der Waals surface area contributed by atoms with E-state index in [1.54, 1.807) is 11.9 Å². The van der Waals surface area contributed by atoms with Crippen molar-refractivity contribution in [1.29, 1.82) is 0 Å². The van der Waals surface area contributed by atoms with Crippen molar-refractivity contribution < 1.29 is 14.7 Å². The third kappa shape index (κ3) is 3.15. The summed E-state index contributed by atoms with van der Waals surface area (Å²) < 4.78 is 1.81. The van der Waals surface area contributed by atoms with Gasteiger partial charge in [0, 0.05) is 31.9 Å². The van der Waals surface area contributed by atoms with Gasteiger partial charge in [-0.3, -0.25) is 14.3 Å². The van der Waals surface area contributed by atoms with E-state index in [1.807, 2.05) is 25.6 Å². The first-order valence-electron chi connectivity index (χ1n) is 7.79. The van der Waals surface area contributed by atoms with Crippen LogP contribution in [0.25, 0.3) is 0 Å². The van der Waals surface area contributed by atoms with Gasteiger partial charge in [0.2, 0.25) is 5.91 Å². The molecule has 0 unspecified atom stereocenters. The van der Waals surface area contributed by atoms with Crippen LogP contribution < -0.4 is 0 Å². The van der Waals surface area contributed by atoms with E-state index < -0.39 is 17.8 Å². The second kappa shape index (κ2) is 6.50. The molecule has 0 bridgehead atoms. The molecule has 122 valence electrons. The third-order valence-corrected chi connectivity index (χ3v) is 4.83. The molecule has 0 aliphatic heterocycles. The highest BCUT2D eigenvalue weighted by Gasteiger charge is 2.37. The van der Waals surface area contributed by atoms with Crippen molar-refractivity contribution >= 4 is 11.9 Å². The van der Waals surface area contributed by atoms with E-state index in [-0.39, 0.29) is 5.91 Å². The number of hydrogen-bond acceptors (Lipinski definition) is 3. The largest absolute Gasteiger partial charge is 0.481 e. The molecule has 0 radical (unpaired) electrons. The zero-order valence-corrected chi connectivity index (χ0v) is 13.8. The minimum Gasteiger partial charge on any atom is -0.481 e. The summed E-state index contributed by atoms with van der Waals surface area (Å²) in [5.74, 6) is -1.84. The van der Waals surface area contributed by atoms with Crippen molar-refractivity contribution in [1.82, 2.24) is 14.7 Å². The average Bonchev–Trinajstić information content (AvgIpc) is 2.72. The van der Waals surface area contributed by atoms with Crippen molar-refractivity contribution in [3.8, 4) is 0 Å². The quantitative estimate of drug-likeness (QED) is 0.921. The van der Waals surface area contributed by atoms with Crippen molar-refractivity contribution in [3.63, 3.8) is 0 Å². The lowest BCUT2D eigenvalue weighted by atomic mass is 9.78. The number of aromatic nitrogens is 2. The van der Waals surface area contributed by atoms with E-state index in [2.05, 4.69) is 5.10 Å². The summed E-state index contributed by atoms with van der Waals surface area (Å²) in [6.45, 7) is 4.39. The minimum atomic E-state index is -0.847. The Morgan fingerprint density at radius 2 is 1.86 bits per heavy atom. The van der Waals surface area contributed by atoms with E-state index in [0.29, 0.717) is 19.4 Å². The summed E-state index contributed by atoms with van der Waals surface area (Å²) in [7, 11) is 3.64. The lowest BCUT2D eigenvalue weighted by molar-refractivity contribution is -0.152. The van der Waals surface area contributed by atoms with Crippen LogP contribution in [0.1, 0.15) is 42.6 Å². The molecule has 0 aromatic carbocycles. The first-order chi connectivity index (χ1) is 10.3. The topological polar surface area (TPSA) is 75.4 Å². The van der Waals surface area contributed by atoms with E-state index >= 15 is 0 Å². The van der Waals surface area contributed by atoms with Crippen LogP contribution in [-0.2, 0) is 23.2 Å². The molecule has 1 aromatic rings. The summed E-state index contributed by atoms with van der Waals surface area (Å²) in [5.41, 5.74) is 3.00. The zero-order valence-electron chi connectivity index (χ0n) is 13.8. The first kappa shape index (κ1) is 16.5. The molecule has 1 aliphatic carbocycles. The molecule has 0 spiro atoms. The average molecular weight is 307 g/mol. The summed E-state index contributed by atoms with van der Waals surface area (Å²) in [6, 6.07) is 0. The summed E-state index contributed by atoms with van der Waals surface area (Å²) in [4.78, 5) is 25.7. The van der Waals surface area contributed by atoms with Crippen LogP contribution in [0, 0.1) is 25.7 Å². The SMILES string of the molecule is Cc1nn(C)c(C)c1CN(C)C(=O)[C@H]1CCCC[C@H]1C(=O)O. The first-order valence-corrected chi connectivity index (χ1v) is 7.79. The van der Waals surface area contributed by atoms with E-state index in [4.69, 9.17) is 0 Å². The minimum absolute atomic E-state index is 0.0604. The number of rotatable bonds is 4. The molecule has 1 N–H and O–H groups in total. The highest BCUT2D eigenvalue weighted by Crippen LogP contribution is 2.32. The number of carboxylic acid groups (broad SMARTS) is 1. The zero-order chi connectivity index (χ0) is 16.4. The Morgan fingerprint density at radius 1 is 1.27 bits per heavy atom. The molecule has 6 nitrogen and oxygen atoms in total. The van der Waals surface area contributed by atoms with Crippen LogP contribution in [0.15, 0.2) is 0 Å². The van der Waals surface area contributed by atoms with Crippen molar-refractivity contribution in [3.05, 3.63) is 17.0 Å². The fourth-order valence-corrected chi connectivity index (χ4v) is 3.37. The second-order valence-electron chi connectivity index (χ2n) is 6.30. The monoisotopic (exact) mass is 307 g/mol. The van der Waals surface area contributed by atoms with Gasteiger partial charge in [-0.1, -0.05) is 12.8 Å². The van der Waals surface area contributed by atoms with E-state index in [0.717, 1.165) is 29.8 Å². The van der Waals surface area contributed by atoms with Gasteiger partial charge in [0.1, 0.15) is 0 Å². The van der Waals surface area contributed by atoms with Crippen molar-refractivity contribution in [2.24, 2.45) is 18.9 Å². The smallest absolute Gasteiger partial charge is 0.307 e. The predicted octanol–water partition coefficient (Wildman–Crippen LogP) is 1.89. The lowest BCUT2D eigenvalue weighted by Crippen LogP contribution is -2.40. The molecule has 2 rings (SSSR count). The third-order valence-electron chi connectivity index (χ3n) is 4.83. The molecule has 1 saturated carbocycles. The highest BCUT2D eigenvalue weighted by molar-refractivity contribution is 5.84. The molecular formula is C16H25N3O3. The Hall–Kier alpha value is -1.85. The van der Waals surface area contributed by atoms with Crippen LogP contribution in [0.2, 0.25) is 0 Å². The number of amides is 1. The molecular weight excluding hydrogens is 282 g/mol. The van der Waals surface area contributed by atoms with Crippen molar-refractivity contribution in [2.45, 2.75) is 46.1 Å². The normalized spacial score (nSPS) is 21.6. The number of aryl methyl sites for hydroxylation is 2. The van der Waals surface area contributed by atoms with Gasteiger partial charge in [-0.25, -0.2) is 0 Å². The Labute approximate surface area is 131 Å². The van der Waals surface area contributed by atoms with Crippen molar-refractivity contribution in [2.75, 3.05) is 7.05 Å². The second-order valence-corrected chi connectivity index (χ2v) is 6.30. The summed E-state index contributed by atoms with van der Waals surface area (Å²) >= 11 is 0. The number of hydrogen-bond donors (Lipinski definition) is 1. The van der Waals surface area contributed by atoms with Gasteiger partial charge < -0.3 is 10.0 Å². The van der Waals surface area contributed by atoms with Crippen LogP contribution in [-0.4, -0.2) is 38.7 Å². The van der Waals surface area contributed by atoms with E-state index in [9.17, 15) is 14.7 Å². The summed E-state index contributed by atoms with van der Waals surface area (Å²) in [6.07, 6.45) is 3.10. The van der Waals surface area contributed by atoms with Crippen LogP contribution in [0.4, 0.5) is 0 Å². The van der Waals surface area contributed by atoms with Crippen LogP contribution >= 0.6 is 0 Å². The molecule has 6 heteroatoms. The van der Waals surface area contributed by atoms with Gasteiger partial charge in [-0.15, -0.1) is 0 Å². The number of nitrogens with zero attached hydrogens (tertiary/aromatic N) is 3. The Balaban J connectivity index is 2.12. The van der Waals surface area contributed by atoms with Gasteiger partial charge in [-0.05, 0) is 26.7 Å². The molecule has 22 heavy (non-hydrogen) atoms. The van der Waals surface area contributed by atoms with Gasteiger partial charge in [0.05, 0.1) is 17.5 Å². The Morgan fingerprint density at radius 3 is 2.36 bits per heavy atom. The van der Waals surface area contributed by atoms with Crippen LogP contribution in [0.5, 0.6) is 0 Å². The fourth-order valence-electron chi connectivity index (χ4n) is 3.37. The maximum absolute atomic E-state index is 12.7. The fraction of sp³-hybridized carbons (Fsp3) is 0.688. The van der Waals surface area contributed by atoms with Gasteiger partial charge in [0.15, 0.2) is 0 Å². The maximum atomic E-state index is 12.7. The standard InChI is InChI=1S/C16H25N3O3/c1-10-14(11(2)19(4)17-10)9-18(3)15(20)12-7-5-6-8-13(12)16(21)22/h12-13H,5-9H2,1-4H3,(H,21,22)/t12-,13+/m0/s1. The predicted molar refractivity (Wildman–Crippen MR) is 82.2 cm³/mol. The molecule has 1 fully saturated rings. The van der Waals surface area contributed by atoms with Gasteiger partial charge in [0.25, 0.3) is 0 Å². The molecule has 1 amide bonds. The Bertz CT molecular complexity index is 579. The van der Waals surface area contributed by atoms with Gasteiger partial charge >= 0.3 is 5.97 Å². The highest BCUT2D eigenvalue weighted by atomic mass is 16.4. The van der Waals surface area contributed by atoms with Crippen LogP contribution in [0.3, 0.4) is 0 Å².